The van der Waals surface area contributed by atoms with Gasteiger partial charge in [-0.1, -0.05) is 34.1 Å². The number of halogens is 1. The Labute approximate surface area is 109 Å². The van der Waals surface area contributed by atoms with Crippen LogP contribution in [0.5, 0.6) is 0 Å². The van der Waals surface area contributed by atoms with Crippen molar-refractivity contribution in [3.63, 3.8) is 0 Å². The van der Waals surface area contributed by atoms with Gasteiger partial charge in [-0.05, 0) is 18.7 Å². The highest BCUT2D eigenvalue weighted by Crippen LogP contribution is 2.17. The molecule has 0 spiro atoms. The van der Waals surface area contributed by atoms with Crippen LogP contribution in [0, 0.1) is 0 Å². The van der Waals surface area contributed by atoms with Gasteiger partial charge in [0, 0.05) is 35.4 Å². The standard InChI is InChI=1S/C13H14BrN3/c1-15-7-10-8-16-13(17-9-10)6-11-4-2-3-5-12(11)14/h2-5,8-9,15H,6-7H2,1H3. The van der Waals surface area contributed by atoms with Crippen LogP contribution in [0.1, 0.15) is 17.0 Å². The summed E-state index contributed by atoms with van der Waals surface area (Å²) >= 11 is 3.53. The molecule has 0 saturated heterocycles. The lowest BCUT2D eigenvalue weighted by Crippen LogP contribution is -2.07. The molecular formula is C13H14BrN3. The van der Waals surface area contributed by atoms with Crippen LogP contribution in [0.25, 0.3) is 0 Å². The molecule has 0 unspecified atom stereocenters. The molecule has 1 N–H and O–H groups in total. The highest BCUT2D eigenvalue weighted by molar-refractivity contribution is 9.10. The number of aromatic nitrogens is 2. The van der Waals surface area contributed by atoms with E-state index >= 15 is 0 Å². The lowest BCUT2D eigenvalue weighted by Gasteiger charge is -2.04. The molecule has 2 aromatic rings. The fraction of sp³-hybridized carbons (Fsp3) is 0.231. The normalized spacial score (nSPS) is 10.5. The van der Waals surface area contributed by atoms with Gasteiger partial charge in [-0.25, -0.2) is 9.97 Å². The van der Waals surface area contributed by atoms with Crippen LogP contribution >= 0.6 is 15.9 Å². The minimum atomic E-state index is 0.751. The SMILES string of the molecule is CNCc1cnc(Cc2ccccc2Br)nc1. The molecule has 2 rings (SSSR count). The summed E-state index contributed by atoms with van der Waals surface area (Å²) in [6, 6.07) is 8.14. The number of nitrogens with zero attached hydrogens (tertiary/aromatic N) is 2. The maximum absolute atomic E-state index is 4.36. The zero-order valence-corrected chi connectivity index (χ0v) is 11.2. The van der Waals surface area contributed by atoms with Gasteiger partial charge in [-0.3, -0.25) is 0 Å². The van der Waals surface area contributed by atoms with Crippen molar-refractivity contribution in [3.8, 4) is 0 Å². The zero-order valence-electron chi connectivity index (χ0n) is 9.65. The Morgan fingerprint density at radius 1 is 1.18 bits per heavy atom. The van der Waals surface area contributed by atoms with Gasteiger partial charge in [0.25, 0.3) is 0 Å². The lowest BCUT2D eigenvalue weighted by atomic mass is 10.1. The van der Waals surface area contributed by atoms with Crippen LogP contribution in [-0.2, 0) is 13.0 Å². The minimum Gasteiger partial charge on any atom is -0.316 e. The molecule has 0 aliphatic rings. The minimum absolute atomic E-state index is 0.751. The Hall–Kier alpha value is -1.26. The van der Waals surface area contributed by atoms with Gasteiger partial charge in [-0.15, -0.1) is 0 Å². The van der Waals surface area contributed by atoms with Crippen molar-refractivity contribution in [1.29, 1.82) is 0 Å². The molecule has 0 aliphatic carbocycles. The van der Waals surface area contributed by atoms with Crippen molar-refractivity contribution in [2.45, 2.75) is 13.0 Å². The summed E-state index contributed by atoms with van der Waals surface area (Å²) in [4.78, 5) is 8.72. The van der Waals surface area contributed by atoms with Gasteiger partial charge >= 0.3 is 0 Å². The third-order valence-electron chi connectivity index (χ3n) is 2.45. The van der Waals surface area contributed by atoms with Crippen LogP contribution in [0.4, 0.5) is 0 Å². The van der Waals surface area contributed by atoms with Crippen LogP contribution in [0.2, 0.25) is 0 Å². The van der Waals surface area contributed by atoms with E-state index in [4.69, 9.17) is 0 Å². The van der Waals surface area contributed by atoms with Crippen molar-refractivity contribution in [2.75, 3.05) is 7.05 Å². The van der Waals surface area contributed by atoms with Crippen molar-refractivity contribution in [3.05, 3.63) is 58.1 Å². The Morgan fingerprint density at radius 2 is 1.88 bits per heavy atom. The summed E-state index contributed by atoms with van der Waals surface area (Å²) in [5.41, 5.74) is 2.30. The van der Waals surface area contributed by atoms with Gasteiger partial charge < -0.3 is 5.32 Å². The van der Waals surface area contributed by atoms with Crippen LogP contribution in [0.3, 0.4) is 0 Å². The van der Waals surface area contributed by atoms with E-state index in [-0.39, 0.29) is 0 Å². The van der Waals surface area contributed by atoms with Crippen LogP contribution in [-0.4, -0.2) is 17.0 Å². The van der Waals surface area contributed by atoms with Gasteiger partial charge in [0.2, 0.25) is 0 Å². The third-order valence-corrected chi connectivity index (χ3v) is 3.22. The van der Waals surface area contributed by atoms with E-state index in [0.717, 1.165) is 28.8 Å². The molecule has 0 bridgehead atoms. The molecule has 0 amide bonds. The van der Waals surface area contributed by atoms with Crippen LogP contribution in [0.15, 0.2) is 41.1 Å². The van der Waals surface area contributed by atoms with E-state index < -0.39 is 0 Å². The quantitative estimate of drug-likeness (QED) is 0.941. The maximum Gasteiger partial charge on any atom is 0.132 e. The van der Waals surface area contributed by atoms with E-state index in [0.29, 0.717) is 0 Å². The molecule has 88 valence electrons. The first kappa shape index (κ1) is 12.2. The topological polar surface area (TPSA) is 37.8 Å². The predicted molar refractivity (Wildman–Crippen MR) is 71.7 cm³/mol. The van der Waals surface area contributed by atoms with E-state index in [1.807, 2.05) is 37.6 Å². The monoisotopic (exact) mass is 291 g/mol. The van der Waals surface area contributed by atoms with Crippen LogP contribution < -0.4 is 5.32 Å². The average Bonchev–Trinajstić information content (AvgIpc) is 2.35. The highest BCUT2D eigenvalue weighted by Gasteiger charge is 2.02. The van der Waals surface area contributed by atoms with Crippen molar-refractivity contribution < 1.29 is 0 Å². The molecule has 0 aliphatic heterocycles. The molecule has 1 aromatic heterocycles. The van der Waals surface area contributed by atoms with Gasteiger partial charge in [0.1, 0.15) is 5.82 Å². The molecular weight excluding hydrogens is 278 g/mol. The fourth-order valence-corrected chi connectivity index (χ4v) is 2.01. The summed E-state index contributed by atoms with van der Waals surface area (Å²) in [5.74, 6) is 0.844. The summed E-state index contributed by atoms with van der Waals surface area (Å²) < 4.78 is 1.10. The predicted octanol–water partition coefficient (Wildman–Crippen LogP) is 2.55. The number of hydrogen-bond donors (Lipinski definition) is 1. The smallest absolute Gasteiger partial charge is 0.132 e. The van der Waals surface area contributed by atoms with Crippen molar-refractivity contribution >= 4 is 15.9 Å². The summed E-state index contributed by atoms with van der Waals surface area (Å²) in [6.45, 7) is 0.801. The summed E-state index contributed by atoms with van der Waals surface area (Å²) in [7, 11) is 1.91. The summed E-state index contributed by atoms with van der Waals surface area (Å²) in [5, 5.41) is 3.07. The molecule has 0 radical (unpaired) electrons. The Balaban J connectivity index is 2.11. The van der Waals surface area contributed by atoms with E-state index in [1.54, 1.807) is 0 Å². The maximum atomic E-state index is 4.36. The Bertz CT molecular complexity index is 482. The second kappa shape index (κ2) is 5.89. The molecule has 0 fully saturated rings. The van der Waals surface area contributed by atoms with Gasteiger partial charge in [0.05, 0.1) is 0 Å². The number of benzene rings is 1. The number of hydrogen-bond acceptors (Lipinski definition) is 3. The average molecular weight is 292 g/mol. The van der Waals surface area contributed by atoms with Crippen molar-refractivity contribution in [1.82, 2.24) is 15.3 Å². The first-order valence-corrected chi connectivity index (χ1v) is 6.26. The fourth-order valence-electron chi connectivity index (χ4n) is 1.58. The summed E-state index contributed by atoms with van der Waals surface area (Å²) in [6.07, 6.45) is 4.49. The molecule has 4 heteroatoms. The molecule has 3 nitrogen and oxygen atoms in total. The molecule has 17 heavy (non-hydrogen) atoms. The Morgan fingerprint density at radius 3 is 2.53 bits per heavy atom. The van der Waals surface area contributed by atoms with Gasteiger partial charge in [-0.2, -0.15) is 0 Å². The Kier molecular flexibility index (Phi) is 4.23. The van der Waals surface area contributed by atoms with E-state index in [9.17, 15) is 0 Å². The number of nitrogens with one attached hydrogen (secondary N) is 1. The first-order chi connectivity index (χ1) is 8.29. The highest BCUT2D eigenvalue weighted by atomic mass is 79.9. The first-order valence-electron chi connectivity index (χ1n) is 5.47. The lowest BCUT2D eigenvalue weighted by molar-refractivity contribution is 0.798. The largest absolute Gasteiger partial charge is 0.316 e. The molecule has 1 heterocycles. The molecule has 0 saturated carbocycles. The zero-order chi connectivity index (χ0) is 12.1. The third kappa shape index (κ3) is 3.35. The van der Waals surface area contributed by atoms with E-state index in [1.165, 1.54) is 5.56 Å². The van der Waals surface area contributed by atoms with E-state index in [2.05, 4.69) is 37.3 Å². The number of rotatable bonds is 4. The molecule has 0 atom stereocenters. The second-order valence-electron chi connectivity index (χ2n) is 3.81. The van der Waals surface area contributed by atoms with Gasteiger partial charge in [0.15, 0.2) is 0 Å². The second-order valence-corrected chi connectivity index (χ2v) is 4.66. The molecule has 1 aromatic carbocycles. The van der Waals surface area contributed by atoms with Crippen molar-refractivity contribution in [2.24, 2.45) is 0 Å².